The largest absolute Gasteiger partial charge is 0.368 e. The summed E-state index contributed by atoms with van der Waals surface area (Å²) in [6.07, 6.45) is 0.697. The third-order valence-corrected chi connectivity index (χ3v) is 6.54. The molecule has 0 saturated carbocycles. The first-order chi connectivity index (χ1) is 15.0. The van der Waals surface area contributed by atoms with Crippen molar-refractivity contribution < 1.29 is 9.59 Å². The van der Waals surface area contributed by atoms with Crippen LogP contribution >= 0.6 is 11.3 Å². The van der Waals surface area contributed by atoms with E-state index < -0.39 is 0 Å². The highest BCUT2D eigenvalue weighted by Gasteiger charge is 2.25. The zero-order chi connectivity index (χ0) is 21.8. The Labute approximate surface area is 186 Å². The number of hydrogen-bond acceptors (Lipinski definition) is 6. The molecule has 1 unspecified atom stereocenters. The van der Waals surface area contributed by atoms with Gasteiger partial charge in [-0.3, -0.25) is 9.59 Å². The summed E-state index contributed by atoms with van der Waals surface area (Å²) >= 11 is 1.45. The zero-order valence-electron chi connectivity index (χ0n) is 17.5. The SMILES string of the molecule is CC(=O)c1ccc(N2CCN(C(=O)c3csc(C(N)Cc4ccccc4)n3)CC2)cc1. The molecule has 1 aromatic heterocycles. The molecule has 7 heteroatoms. The van der Waals surface area contributed by atoms with Gasteiger partial charge in [-0.25, -0.2) is 4.98 Å². The number of anilines is 1. The first-order valence-electron chi connectivity index (χ1n) is 10.4. The molecule has 0 radical (unpaired) electrons. The van der Waals surface area contributed by atoms with Gasteiger partial charge in [-0.2, -0.15) is 0 Å². The van der Waals surface area contributed by atoms with Gasteiger partial charge in [0.2, 0.25) is 0 Å². The molecule has 1 fully saturated rings. The van der Waals surface area contributed by atoms with Gasteiger partial charge < -0.3 is 15.5 Å². The lowest BCUT2D eigenvalue weighted by atomic mass is 10.1. The summed E-state index contributed by atoms with van der Waals surface area (Å²) < 4.78 is 0. The summed E-state index contributed by atoms with van der Waals surface area (Å²) in [6.45, 7) is 4.33. The molecule has 2 aromatic carbocycles. The van der Waals surface area contributed by atoms with Gasteiger partial charge in [-0.15, -0.1) is 11.3 Å². The van der Waals surface area contributed by atoms with Crippen LogP contribution in [-0.2, 0) is 6.42 Å². The first-order valence-corrected chi connectivity index (χ1v) is 11.3. The number of ketones is 1. The van der Waals surface area contributed by atoms with Gasteiger partial charge in [0.1, 0.15) is 10.7 Å². The Morgan fingerprint density at radius 3 is 2.35 bits per heavy atom. The third kappa shape index (κ3) is 5.00. The van der Waals surface area contributed by atoms with Crippen LogP contribution in [0.15, 0.2) is 60.0 Å². The summed E-state index contributed by atoms with van der Waals surface area (Å²) in [5.41, 5.74) is 9.74. The fourth-order valence-electron chi connectivity index (χ4n) is 3.75. The molecule has 1 aliphatic rings. The Balaban J connectivity index is 1.34. The molecule has 2 heterocycles. The van der Waals surface area contributed by atoms with Gasteiger partial charge in [-0.1, -0.05) is 30.3 Å². The normalized spacial score (nSPS) is 15.0. The smallest absolute Gasteiger partial charge is 0.273 e. The van der Waals surface area contributed by atoms with Crippen molar-refractivity contribution in [1.29, 1.82) is 0 Å². The Morgan fingerprint density at radius 2 is 1.71 bits per heavy atom. The van der Waals surface area contributed by atoms with Crippen LogP contribution in [0.2, 0.25) is 0 Å². The molecule has 1 aliphatic heterocycles. The van der Waals surface area contributed by atoms with E-state index in [-0.39, 0.29) is 17.7 Å². The number of Topliss-reactive ketones (excluding diaryl/α,β-unsaturated/α-hetero) is 1. The Bertz CT molecular complexity index is 1040. The predicted molar refractivity (Wildman–Crippen MR) is 124 cm³/mol. The van der Waals surface area contributed by atoms with Gasteiger partial charge in [0, 0.05) is 42.8 Å². The maximum Gasteiger partial charge on any atom is 0.273 e. The Hall–Kier alpha value is -3.03. The number of piperazine rings is 1. The van der Waals surface area contributed by atoms with Crippen molar-refractivity contribution in [1.82, 2.24) is 9.88 Å². The summed E-state index contributed by atoms with van der Waals surface area (Å²) in [5.74, 6) is 0.0223. The van der Waals surface area contributed by atoms with Crippen LogP contribution in [0.25, 0.3) is 0 Å². The van der Waals surface area contributed by atoms with E-state index in [2.05, 4.69) is 9.88 Å². The molecule has 3 aromatic rings. The number of carbonyl (C=O) groups is 2. The molecule has 0 aliphatic carbocycles. The molecule has 2 N–H and O–H groups in total. The molecule has 1 atom stereocenters. The number of benzene rings is 2. The van der Waals surface area contributed by atoms with E-state index in [0.717, 1.165) is 29.3 Å². The molecular formula is C24H26N4O2S. The average molecular weight is 435 g/mol. The quantitative estimate of drug-likeness (QED) is 0.600. The van der Waals surface area contributed by atoms with Crippen LogP contribution in [0, 0.1) is 0 Å². The van der Waals surface area contributed by atoms with Crippen molar-refractivity contribution in [3.63, 3.8) is 0 Å². The second-order valence-corrected chi connectivity index (χ2v) is 8.64. The number of amides is 1. The second-order valence-electron chi connectivity index (χ2n) is 7.75. The lowest BCUT2D eigenvalue weighted by molar-refractivity contribution is 0.0741. The summed E-state index contributed by atoms with van der Waals surface area (Å²) in [7, 11) is 0. The van der Waals surface area contributed by atoms with E-state index in [1.807, 2.05) is 64.9 Å². The number of hydrogen-bond donors (Lipinski definition) is 1. The molecular weight excluding hydrogens is 408 g/mol. The van der Waals surface area contributed by atoms with E-state index in [4.69, 9.17) is 5.73 Å². The van der Waals surface area contributed by atoms with Gasteiger partial charge in [0.15, 0.2) is 5.78 Å². The first kappa shape index (κ1) is 21.2. The highest BCUT2D eigenvalue weighted by molar-refractivity contribution is 7.09. The van der Waals surface area contributed by atoms with Gasteiger partial charge in [0.25, 0.3) is 5.91 Å². The fourth-order valence-corrected chi connectivity index (χ4v) is 4.54. The number of nitrogens with two attached hydrogens (primary N) is 1. The van der Waals surface area contributed by atoms with Gasteiger partial charge >= 0.3 is 0 Å². The molecule has 4 rings (SSSR count). The van der Waals surface area contributed by atoms with Crippen LogP contribution in [0.4, 0.5) is 5.69 Å². The second kappa shape index (κ2) is 9.41. The van der Waals surface area contributed by atoms with Crippen LogP contribution in [0.3, 0.4) is 0 Å². The standard InChI is InChI=1S/C24H26N4O2S/c1-17(29)19-7-9-20(10-8-19)27-11-13-28(14-12-27)24(30)22-16-31-23(26-22)21(25)15-18-5-3-2-4-6-18/h2-10,16,21H,11-15,25H2,1H3. The maximum absolute atomic E-state index is 12.9. The number of nitrogens with zero attached hydrogens (tertiary/aromatic N) is 3. The van der Waals surface area contributed by atoms with E-state index in [1.165, 1.54) is 11.3 Å². The number of thiazole rings is 1. The molecule has 0 spiro atoms. The van der Waals surface area contributed by atoms with Crippen LogP contribution in [0.1, 0.15) is 44.4 Å². The van der Waals surface area contributed by atoms with Crippen molar-refractivity contribution in [3.05, 3.63) is 81.8 Å². The average Bonchev–Trinajstić information content (AvgIpc) is 3.30. The van der Waals surface area contributed by atoms with Crippen molar-refractivity contribution in [2.45, 2.75) is 19.4 Å². The molecule has 31 heavy (non-hydrogen) atoms. The number of rotatable bonds is 6. The van der Waals surface area contributed by atoms with Gasteiger partial charge in [0.05, 0.1) is 6.04 Å². The van der Waals surface area contributed by atoms with E-state index >= 15 is 0 Å². The lowest BCUT2D eigenvalue weighted by Crippen LogP contribution is -2.48. The van der Waals surface area contributed by atoms with Crippen molar-refractivity contribution >= 4 is 28.7 Å². The Morgan fingerprint density at radius 1 is 1.03 bits per heavy atom. The highest BCUT2D eigenvalue weighted by Crippen LogP contribution is 2.22. The minimum absolute atomic E-state index is 0.0408. The van der Waals surface area contributed by atoms with E-state index in [0.29, 0.717) is 30.8 Å². The molecule has 1 saturated heterocycles. The monoisotopic (exact) mass is 434 g/mol. The fraction of sp³-hybridized carbons (Fsp3) is 0.292. The lowest BCUT2D eigenvalue weighted by Gasteiger charge is -2.35. The number of carbonyl (C=O) groups excluding carboxylic acids is 2. The van der Waals surface area contributed by atoms with Crippen LogP contribution < -0.4 is 10.6 Å². The summed E-state index contributed by atoms with van der Waals surface area (Å²) in [5, 5.41) is 2.60. The molecule has 0 bridgehead atoms. The minimum atomic E-state index is -0.219. The van der Waals surface area contributed by atoms with E-state index in [1.54, 1.807) is 6.92 Å². The third-order valence-electron chi connectivity index (χ3n) is 5.56. The predicted octanol–water partition coefficient (Wildman–Crippen LogP) is 3.55. The van der Waals surface area contributed by atoms with Crippen molar-refractivity contribution in [2.75, 3.05) is 31.1 Å². The Kier molecular flexibility index (Phi) is 6.44. The van der Waals surface area contributed by atoms with Crippen molar-refractivity contribution in [2.24, 2.45) is 5.73 Å². The van der Waals surface area contributed by atoms with Crippen molar-refractivity contribution in [3.8, 4) is 0 Å². The highest BCUT2D eigenvalue weighted by atomic mass is 32.1. The van der Waals surface area contributed by atoms with Crippen LogP contribution in [0.5, 0.6) is 0 Å². The maximum atomic E-state index is 12.9. The molecule has 1 amide bonds. The minimum Gasteiger partial charge on any atom is -0.368 e. The number of aromatic nitrogens is 1. The van der Waals surface area contributed by atoms with Crippen LogP contribution in [-0.4, -0.2) is 47.8 Å². The topological polar surface area (TPSA) is 79.5 Å². The molecule has 160 valence electrons. The summed E-state index contributed by atoms with van der Waals surface area (Å²) in [4.78, 5) is 33.0. The zero-order valence-corrected chi connectivity index (χ0v) is 18.3. The van der Waals surface area contributed by atoms with Gasteiger partial charge in [-0.05, 0) is 43.2 Å². The van der Waals surface area contributed by atoms with E-state index in [9.17, 15) is 9.59 Å². The molecule has 6 nitrogen and oxygen atoms in total. The summed E-state index contributed by atoms with van der Waals surface area (Å²) in [6, 6.07) is 17.5.